The molecular weight excluding hydrogens is 426 g/mol. The number of amides is 1. The number of para-hydroxylation sites is 1. The summed E-state index contributed by atoms with van der Waals surface area (Å²) in [5.74, 6) is 1.60. The number of fused-ring (bicyclic) bond motifs is 1. The van der Waals surface area contributed by atoms with Crippen molar-refractivity contribution >= 4 is 32.6 Å². The lowest BCUT2D eigenvalue weighted by molar-refractivity contribution is 0.0745. The number of benzene rings is 2. The summed E-state index contributed by atoms with van der Waals surface area (Å²) >= 11 is 1.70. The smallest absolute Gasteiger partial charge is 0.254 e. The molecule has 32 heavy (non-hydrogen) atoms. The lowest BCUT2D eigenvalue weighted by Crippen LogP contribution is -2.48. The predicted molar refractivity (Wildman–Crippen MR) is 128 cm³/mol. The van der Waals surface area contributed by atoms with Gasteiger partial charge in [-0.25, -0.2) is 4.98 Å². The van der Waals surface area contributed by atoms with Gasteiger partial charge in [-0.05, 0) is 45.0 Å². The van der Waals surface area contributed by atoms with Gasteiger partial charge in [0.15, 0.2) is 16.6 Å². The molecule has 1 aliphatic rings. The Morgan fingerprint density at radius 2 is 1.56 bits per heavy atom. The van der Waals surface area contributed by atoms with E-state index in [2.05, 4.69) is 11.0 Å². The van der Waals surface area contributed by atoms with Gasteiger partial charge < -0.3 is 24.0 Å². The summed E-state index contributed by atoms with van der Waals surface area (Å²) in [6, 6.07) is 11.7. The standard InChI is InChI=1S/C24H29N3O4S/c1-4-29-19-15-17(16-20(30-5-2)22(19)31-6-3)23(28)26-11-13-27(14-12-26)24-25-18-9-7-8-10-21(18)32-24/h7-10,15-16H,4-6,11-14H2,1-3H3. The maximum Gasteiger partial charge on any atom is 0.254 e. The van der Waals surface area contributed by atoms with Crippen molar-refractivity contribution in [1.82, 2.24) is 9.88 Å². The molecule has 4 rings (SSSR count). The minimum atomic E-state index is -0.0288. The topological polar surface area (TPSA) is 64.1 Å². The minimum Gasteiger partial charge on any atom is -0.490 e. The van der Waals surface area contributed by atoms with E-state index in [-0.39, 0.29) is 5.91 Å². The highest BCUT2D eigenvalue weighted by Crippen LogP contribution is 2.39. The van der Waals surface area contributed by atoms with E-state index in [1.54, 1.807) is 23.5 Å². The van der Waals surface area contributed by atoms with E-state index in [1.165, 1.54) is 4.70 Å². The number of hydrogen-bond acceptors (Lipinski definition) is 7. The van der Waals surface area contributed by atoms with Crippen molar-refractivity contribution in [3.8, 4) is 17.2 Å². The number of aromatic nitrogens is 1. The van der Waals surface area contributed by atoms with Gasteiger partial charge in [-0.3, -0.25) is 4.79 Å². The Balaban J connectivity index is 1.50. The normalized spacial score (nSPS) is 14.0. The van der Waals surface area contributed by atoms with E-state index in [1.807, 2.05) is 43.9 Å². The molecule has 1 amide bonds. The second kappa shape index (κ2) is 10.1. The summed E-state index contributed by atoms with van der Waals surface area (Å²) < 4.78 is 18.5. The largest absolute Gasteiger partial charge is 0.490 e. The number of thiazole rings is 1. The number of hydrogen-bond donors (Lipinski definition) is 0. The van der Waals surface area contributed by atoms with Gasteiger partial charge in [-0.2, -0.15) is 0 Å². The summed E-state index contributed by atoms with van der Waals surface area (Å²) in [6.45, 7) is 9.94. The van der Waals surface area contributed by atoms with Crippen LogP contribution in [0, 0.1) is 0 Å². The Kier molecular flexibility index (Phi) is 6.99. The molecule has 2 aromatic carbocycles. The van der Waals surface area contributed by atoms with Gasteiger partial charge in [-0.1, -0.05) is 23.5 Å². The highest BCUT2D eigenvalue weighted by atomic mass is 32.1. The van der Waals surface area contributed by atoms with Crippen molar-refractivity contribution in [2.45, 2.75) is 20.8 Å². The van der Waals surface area contributed by atoms with Crippen LogP contribution in [-0.2, 0) is 0 Å². The second-order valence-corrected chi connectivity index (χ2v) is 8.35. The Labute approximate surface area is 192 Å². The molecule has 7 nitrogen and oxygen atoms in total. The quantitative estimate of drug-likeness (QED) is 0.500. The van der Waals surface area contributed by atoms with E-state index in [4.69, 9.17) is 19.2 Å². The molecular formula is C24H29N3O4S. The lowest BCUT2D eigenvalue weighted by atomic mass is 10.1. The van der Waals surface area contributed by atoms with Crippen molar-refractivity contribution < 1.29 is 19.0 Å². The monoisotopic (exact) mass is 455 g/mol. The van der Waals surface area contributed by atoms with Crippen molar-refractivity contribution in [2.24, 2.45) is 0 Å². The molecule has 170 valence electrons. The Hall–Kier alpha value is -3.00. The van der Waals surface area contributed by atoms with Crippen LogP contribution in [0.3, 0.4) is 0 Å². The minimum absolute atomic E-state index is 0.0288. The van der Waals surface area contributed by atoms with E-state index < -0.39 is 0 Å². The molecule has 0 saturated carbocycles. The first-order chi connectivity index (χ1) is 15.6. The van der Waals surface area contributed by atoms with E-state index >= 15 is 0 Å². The van der Waals surface area contributed by atoms with Gasteiger partial charge in [0.1, 0.15) is 0 Å². The van der Waals surface area contributed by atoms with Crippen LogP contribution < -0.4 is 19.1 Å². The molecule has 3 aromatic rings. The average Bonchev–Trinajstić information content (AvgIpc) is 3.25. The highest BCUT2D eigenvalue weighted by Gasteiger charge is 2.26. The molecule has 0 atom stereocenters. The van der Waals surface area contributed by atoms with Gasteiger partial charge in [0.2, 0.25) is 5.75 Å². The number of nitrogens with zero attached hydrogens (tertiary/aromatic N) is 3. The van der Waals surface area contributed by atoms with Crippen LogP contribution >= 0.6 is 11.3 Å². The van der Waals surface area contributed by atoms with Gasteiger partial charge >= 0.3 is 0 Å². The van der Waals surface area contributed by atoms with Crippen LogP contribution in [0.15, 0.2) is 36.4 Å². The van der Waals surface area contributed by atoms with Crippen LogP contribution in [0.4, 0.5) is 5.13 Å². The third kappa shape index (κ3) is 4.60. The number of anilines is 1. The van der Waals surface area contributed by atoms with Gasteiger partial charge in [0.25, 0.3) is 5.91 Å². The summed E-state index contributed by atoms with van der Waals surface area (Å²) in [4.78, 5) is 22.2. The molecule has 2 heterocycles. The number of carbonyl (C=O) groups excluding carboxylic acids is 1. The molecule has 1 saturated heterocycles. The zero-order chi connectivity index (χ0) is 22.5. The van der Waals surface area contributed by atoms with Crippen LogP contribution in [0.5, 0.6) is 17.2 Å². The molecule has 1 fully saturated rings. The van der Waals surface area contributed by atoms with Crippen LogP contribution in [-0.4, -0.2) is 61.8 Å². The van der Waals surface area contributed by atoms with E-state index in [9.17, 15) is 4.79 Å². The molecule has 1 aromatic heterocycles. The van der Waals surface area contributed by atoms with Crippen LogP contribution in [0.1, 0.15) is 31.1 Å². The Bertz CT molecular complexity index is 1020. The number of carbonyl (C=O) groups is 1. The second-order valence-electron chi connectivity index (χ2n) is 7.34. The first-order valence-corrected chi connectivity index (χ1v) is 11.9. The van der Waals surface area contributed by atoms with Crippen molar-refractivity contribution in [3.05, 3.63) is 42.0 Å². The maximum atomic E-state index is 13.3. The number of ether oxygens (including phenoxy) is 3. The van der Waals surface area contributed by atoms with E-state index in [0.717, 1.165) is 23.7 Å². The lowest BCUT2D eigenvalue weighted by Gasteiger charge is -2.34. The van der Waals surface area contributed by atoms with Crippen molar-refractivity contribution in [1.29, 1.82) is 0 Å². The fourth-order valence-corrected chi connectivity index (χ4v) is 4.81. The molecule has 0 aliphatic carbocycles. The number of piperazine rings is 1. The van der Waals surface area contributed by atoms with E-state index in [0.29, 0.717) is 55.7 Å². The van der Waals surface area contributed by atoms with Gasteiger partial charge in [0.05, 0.1) is 30.0 Å². The van der Waals surface area contributed by atoms with Crippen LogP contribution in [0.25, 0.3) is 10.2 Å². The first-order valence-electron chi connectivity index (χ1n) is 11.1. The third-order valence-electron chi connectivity index (χ3n) is 5.28. The summed E-state index contributed by atoms with van der Waals surface area (Å²) in [5.41, 5.74) is 1.57. The summed E-state index contributed by atoms with van der Waals surface area (Å²) in [7, 11) is 0. The van der Waals surface area contributed by atoms with Crippen LogP contribution in [0.2, 0.25) is 0 Å². The molecule has 0 spiro atoms. The maximum absolute atomic E-state index is 13.3. The van der Waals surface area contributed by atoms with Crippen molar-refractivity contribution in [2.75, 3.05) is 50.9 Å². The Morgan fingerprint density at radius 3 is 2.16 bits per heavy atom. The molecule has 8 heteroatoms. The molecule has 0 unspecified atom stereocenters. The highest BCUT2D eigenvalue weighted by molar-refractivity contribution is 7.22. The van der Waals surface area contributed by atoms with Gasteiger partial charge in [0, 0.05) is 31.7 Å². The SMILES string of the molecule is CCOc1cc(C(=O)N2CCN(c3nc4ccccc4s3)CC2)cc(OCC)c1OCC. The Morgan fingerprint density at radius 1 is 0.938 bits per heavy atom. The molecule has 0 N–H and O–H groups in total. The average molecular weight is 456 g/mol. The fraction of sp³-hybridized carbons (Fsp3) is 0.417. The summed E-state index contributed by atoms with van der Waals surface area (Å²) in [6.07, 6.45) is 0. The zero-order valence-electron chi connectivity index (χ0n) is 18.8. The zero-order valence-corrected chi connectivity index (χ0v) is 19.6. The summed E-state index contributed by atoms with van der Waals surface area (Å²) in [5, 5.41) is 1.01. The molecule has 0 radical (unpaired) electrons. The van der Waals surface area contributed by atoms with Crippen molar-refractivity contribution in [3.63, 3.8) is 0 Å². The number of rotatable bonds is 8. The molecule has 1 aliphatic heterocycles. The third-order valence-corrected chi connectivity index (χ3v) is 6.37. The fourth-order valence-electron chi connectivity index (χ4n) is 3.79. The first kappa shape index (κ1) is 22.2. The molecule has 0 bridgehead atoms. The predicted octanol–water partition coefficient (Wildman–Crippen LogP) is 4.45. The van der Waals surface area contributed by atoms with Gasteiger partial charge in [-0.15, -0.1) is 0 Å².